The molecule has 1 fully saturated rings. The Balaban J connectivity index is 1.86. The lowest BCUT2D eigenvalue weighted by atomic mass is 9.98. The van der Waals surface area contributed by atoms with Gasteiger partial charge in [0.1, 0.15) is 0 Å². The average Bonchev–Trinajstić information content (AvgIpc) is 2.89. The van der Waals surface area contributed by atoms with Crippen molar-refractivity contribution in [3.8, 4) is 0 Å². The molecule has 0 bridgehead atoms. The summed E-state index contributed by atoms with van der Waals surface area (Å²) in [7, 11) is 1.60. The van der Waals surface area contributed by atoms with E-state index in [0.717, 1.165) is 18.5 Å². The fourth-order valence-corrected chi connectivity index (χ4v) is 2.96. The number of nitrogens with one attached hydrogen (secondary N) is 1. The third kappa shape index (κ3) is 3.51. The van der Waals surface area contributed by atoms with E-state index in [2.05, 4.69) is 10.3 Å². The van der Waals surface area contributed by atoms with Crippen molar-refractivity contribution in [1.82, 2.24) is 4.98 Å². The van der Waals surface area contributed by atoms with E-state index >= 15 is 0 Å². The Labute approximate surface area is 110 Å². The van der Waals surface area contributed by atoms with Crippen molar-refractivity contribution in [2.24, 2.45) is 0 Å². The first-order valence-corrected chi connectivity index (χ1v) is 6.95. The van der Waals surface area contributed by atoms with E-state index in [4.69, 9.17) is 4.74 Å². The van der Waals surface area contributed by atoms with E-state index in [1.54, 1.807) is 7.11 Å². The first kappa shape index (κ1) is 13.5. The summed E-state index contributed by atoms with van der Waals surface area (Å²) < 4.78 is 4.96. The molecular formula is C12H18N2O3S. The Hall–Kier alpha value is -0.980. The molecule has 18 heavy (non-hydrogen) atoms. The van der Waals surface area contributed by atoms with E-state index in [0.29, 0.717) is 24.6 Å². The number of thiazole rings is 1. The summed E-state index contributed by atoms with van der Waals surface area (Å²) >= 11 is 1.37. The lowest BCUT2D eigenvalue weighted by Gasteiger charge is -2.20. The predicted molar refractivity (Wildman–Crippen MR) is 69.5 cm³/mol. The summed E-state index contributed by atoms with van der Waals surface area (Å²) in [5, 5.41) is 15.3. The van der Waals surface area contributed by atoms with Crippen molar-refractivity contribution in [1.29, 1.82) is 0 Å². The van der Waals surface area contributed by atoms with Gasteiger partial charge in [-0.25, -0.2) is 4.98 Å². The standard InChI is InChI=1S/C12H18N2O3S/c1-17-7-9-8-18-11(13-9)14-10(15)6-12(16)4-2-3-5-12/h8,16H,2-7H2,1H3,(H,13,14,15). The molecule has 0 spiro atoms. The van der Waals surface area contributed by atoms with Crippen molar-refractivity contribution >= 4 is 22.4 Å². The molecule has 5 nitrogen and oxygen atoms in total. The van der Waals surface area contributed by atoms with Crippen LogP contribution in [0.2, 0.25) is 0 Å². The van der Waals surface area contributed by atoms with Gasteiger partial charge in [0.25, 0.3) is 0 Å². The zero-order chi connectivity index (χ0) is 13.0. The molecule has 1 saturated carbocycles. The smallest absolute Gasteiger partial charge is 0.229 e. The van der Waals surface area contributed by atoms with Crippen LogP contribution in [0.3, 0.4) is 0 Å². The Morgan fingerprint density at radius 2 is 2.33 bits per heavy atom. The van der Waals surface area contributed by atoms with Crippen molar-refractivity contribution in [2.45, 2.75) is 44.3 Å². The van der Waals surface area contributed by atoms with Gasteiger partial charge in [-0.15, -0.1) is 11.3 Å². The number of anilines is 1. The monoisotopic (exact) mass is 270 g/mol. The third-order valence-corrected chi connectivity index (χ3v) is 3.92. The first-order chi connectivity index (χ1) is 8.61. The molecule has 0 unspecified atom stereocenters. The van der Waals surface area contributed by atoms with Gasteiger partial charge in [-0.1, -0.05) is 12.8 Å². The third-order valence-electron chi connectivity index (χ3n) is 3.11. The van der Waals surface area contributed by atoms with Gasteiger partial charge in [0.05, 0.1) is 24.3 Å². The molecule has 0 atom stereocenters. The van der Waals surface area contributed by atoms with Crippen molar-refractivity contribution in [2.75, 3.05) is 12.4 Å². The lowest BCUT2D eigenvalue weighted by molar-refractivity contribution is -0.120. The summed E-state index contributed by atoms with van der Waals surface area (Å²) in [5.74, 6) is -0.169. The van der Waals surface area contributed by atoms with Gasteiger partial charge in [-0.05, 0) is 12.8 Å². The highest BCUT2D eigenvalue weighted by Gasteiger charge is 2.33. The van der Waals surface area contributed by atoms with Crippen LogP contribution in [0.4, 0.5) is 5.13 Å². The van der Waals surface area contributed by atoms with Gasteiger partial charge >= 0.3 is 0 Å². The van der Waals surface area contributed by atoms with E-state index < -0.39 is 5.60 Å². The van der Waals surface area contributed by atoms with Gasteiger partial charge in [0, 0.05) is 12.5 Å². The fourth-order valence-electron chi connectivity index (χ4n) is 2.25. The maximum Gasteiger partial charge on any atom is 0.229 e. The minimum Gasteiger partial charge on any atom is -0.389 e. The van der Waals surface area contributed by atoms with Crippen LogP contribution in [0.25, 0.3) is 0 Å². The second kappa shape index (κ2) is 5.77. The molecule has 0 aromatic carbocycles. The fraction of sp³-hybridized carbons (Fsp3) is 0.667. The number of rotatable bonds is 5. The number of hydrogen-bond donors (Lipinski definition) is 2. The van der Waals surface area contributed by atoms with E-state index in [1.165, 1.54) is 11.3 Å². The Morgan fingerprint density at radius 1 is 1.61 bits per heavy atom. The van der Waals surface area contributed by atoms with Crippen LogP contribution < -0.4 is 5.32 Å². The second-order valence-corrected chi connectivity index (χ2v) is 5.59. The van der Waals surface area contributed by atoms with Gasteiger partial charge in [-0.2, -0.15) is 0 Å². The number of amides is 1. The molecule has 1 heterocycles. The Kier molecular flexibility index (Phi) is 4.31. The van der Waals surface area contributed by atoms with Gasteiger partial charge in [0.15, 0.2) is 5.13 Å². The Morgan fingerprint density at radius 3 is 3.00 bits per heavy atom. The van der Waals surface area contributed by atoms with Crippen LogP contribution in [0.1, 0.15) is 37.8 Å². The molecule has 1 aromatic rings. The molecule has 0 aliphatic heterocycles. The highest BCUT2D eigenvalue weighted by atomic mass is 32.1. The maximum absolute atomic E-state index is 11.8. The zero-order valence-corrected chi connectivity index (χ0v) is 11.3. The number of carbonyl (C=O) groups excluding carboxylic acids is 1. The normalized spacial score (nSPS) is 17.9. The minimum atomic E-state index is -0.809. The largest absolute Gasteiger partial charge is 0.389 e. The second-order valence-electron chi connectivity index (χ2n) is 4.73. The topological polar surface area (TPSA) is 71.5 Å². The SMILES string of the molecule is COCc1csc(NC(=O)CC2(O)CCCC2)n1. The summed E-state index contributed by atoms with van der Waals surface area (Å²) in [6.07, 6.45) is 3.59. The molecular weight excluding hydrogens is 252 g/mol. The predicted octanol–water partition coefficient (Wildman–Crippen LogP) is 1.92. The summed E-state index contributed by atoms with van der Waals surface area (Å²) in [6.45, 7) is 0.441. The van der Waals surface area contributed by atoms with Crippen LogP contribution >= 0.6 is 11.3 Å². The minimum absolute atomic E-state index is 0.159. The molecule has 6 heteroatoms. The first-order valence-electron chi connectivity index (χ1n) is 6.07. The van der Waals surface area contributed by atoms with Crippen LogP contribution in [0.5, 0.6) is 0 Å². The average molecular weight is 270 g/mol. The molecule has 2 rings (SSSR count). The lowest BCUT2D eigenvalue weighted by Crippen LogP contribution is -2.30. The number of methoxy groups -OCH3 is 1. The van der Waals surface area contributed by atoms with Crippen molar-refractivity contribution in [3.63, 3.8) is 0 Å². The van der Waals surface area contributed by atoms with Crippen LogP contribution in [-0.4, -0.2) is 28.7 Å². The maximum atomic E-state index is 11.8. The summed E-state index contributed by atoms with van der Waals surface area (Å²) in [5.41, 5.74) is -0.00570. The van der Waals surface area contributed by atoms with E-state index in [-0.39, 0.29) is 12.3 Å². The number of aromatic nitrogens is 1. The molecule has 1 amide bonds. The molecule has 0 radical (unpaired) electrons. The van der Waals surface area contributed by atoms with Crippen LogP contribution in [0.15, 0.2) is 5.38 Å². The molecule has 1 aliphatic rings. The quantitative estimate of drug-likeness (QED) is 0.857. The molecule has 1 aromatic heterocycles. The molecule has 100 valence electrons. The Bertz CT molecular complexity index is 413. The van der Waals surface area contributed by atoms with Gasteiger partial charge in [-0.3, -0.25) is 4.79 Å². The molecule has 0 saturated heterocycles. The van der Waals surface area contributed by atoms with Crippen molar-refractivity contribution in [3.05, 3.63) is 11.1 Å². The van der Waals surface area contributed by atoms with Crippen molar-refractivity contribution < 1.29 is 14.6 Å². The zero-order valence-electron chi connectivity index (χ0n) is 10.4. The van der Waals surface area contributed by atoms with Crippen LogP contribution in [0, 0.1) is 0 Å². The summed E-state index contributed by atoms with van der Waals surface area (Å²) in [6, 6.07) is 0. The van der Waals surface area contributed by atoms with Gasteiger partial charge < -0.3 is 15.2 Å². The molecule has 2 N–H and O–H groups in total. The van der Waals surface area contributed by atoms with E-state index in [9.17, 15) is 9.90 Å². The highest BCUT2D eigenvalue weighted by molar-refractivity contribution is 7.13. The number of carbonyl (C=O) groups is 1. The van der Waals surface area contributed by atoms with Gasteiger partial charge in [0.2, 0.25) is 5.91 Å². The summed E-state index contributed by atoms with van der Waals surface area (Å²) in [4.78, 5) is 16.0. The number of ether oxygens (including phenoxy) is 1. The molecule has 1 aliphatic carbocycles. The number of hydrogen-bond acceptors (Lipinski definition) is 5. The van der Waals surface area contributed by atoms with E-state index in [1.807, 2.05) is 5.38 Å². The highest BCUT2D eigenvalue weighted by Crippen LogP contribution is 2.32. The number of aliphatic hydroxyl groups is 1. The van der Waals surface area contributed by atoms with Crippen LogP contribution in [-0.2, 0) is 16.1 Å². The number of nitrogens with zero attached hydrogens (tertiary/aromatic N) is 1.